The Morgan fingerprint density at radius 2 is 2.25 bits per heavy atom. The van der Waals surface area contributed by atoms with Crippen LogP contribution in [0.25, 0.3) is 0 Å². The monoisotopic (exact) mass is 288 g/mol. The quantitative estimate of drug-likeness (QED) is 0.857. The number of hydrogen-bond donors (Lipinski definition) is 0. The number of rotatable bonds is 3. The first-order chi connectivity index (χ1) is 9.36. The van der Waals surface area contributed by atoms with Gasteiger partial charge in [0, 0.05) is 38.2 Å². The van der Waals surface area contributed by atoms with Crippen molar-refractivity contribution in [2.75, 3.05) is 20.2 Å². The molecular weight excluding hydrogens is 273 g/mol. The van der Waals surface area contributed by atoms with Crippen LogP contribution >= 0.6 is 0 Å². The molecule has 1 amide bonds. The first-order valence-corrected chi connectivity index (χ1v) is 6.26. The van der Waals surface area contributed by atoms with Crippen LogP contribution in [0.5, 0.6) is 5.88 Å². The SMILES string of the molecule is CN1CC(COc2cc(C(F)(F)F)ccn2)CCC1=O. The first-order valence-electron chi connectivity index (χ1n) is 6.26. The molecular formula is C13H15F3N2O2. The Hall–Kier alpha value is -1.79. The third kappa shape index (κ3) is 3.61. The number of nitrogens with zero attached hydrogens (tertiary/aromatic N) is 2. The maximum atomic E-state index is 12.5. The Morgan fingerprint density at radius 1 is 1.50 bits per heavy atom. The van der Waals surface area contributed by atoms with E-state index in [4.69, 9.17) is 4.74 Å². The number of alkyl halides is 3. The average molecular weight is 288 g/mol. The van der Waals surface area contributed by atoms with E-state index in [0.29, 0.717) is 19.4 Å². The minimum atomic E-state index is -4.40. The van der Waals surface area contributed by atoms with Gasteiger partial charge < -0.3 is 9.64 Å². The fraction of sp³-hybridized carbons (Fsp3) is 0.538. The second kappa shape index (κ2) is 5.68. The minimum absolute atomic E-state index is 0.0422. The van der Waals surface area contributed by atoms with Crippen LogP contribution in [0.1, 0.15) is 18.4 Å². The minimum Gasteiger partial charge on any atom is -0.477 e. The summed E-state index contributed by atoms with van der Waals surface area (Å²) >= 11 is 0. The van der Waals surface area contributed by atoms with Crippen molar-refractivity contribution < 1.29 is 22.7 Å². The predicted molar refractivity (Wildman–Crippen MR) is 65.1 cm³/mol. The lowest BCUT2D eigenvalue weighted by Gasteiger charge is -2.29. The van der Waals surface area contributed by atoms with E-state index in [1.807, 2.05) is 0 Å². The third-order valence-electron chi connectivity index (χ3n) is 3.25. The molecule has 0 aliphatic carbocycles. The molecule has 0 spiro atoms. The molecule has 0 radical (unpaired) electrons. The number of carbonyl (C=O) groups excluding carboxylic acids is 1. The van der Waals surface area contributed by atoms with Crippen molar-refractivity contribution >= 4 is 5.91 Å². The standard InChI is InChI=1S/C13H15F3N2O2/c1-18-7-9(2-3-12(18)19)8-20-11-6-10(4-5-17-11)13(14,15)16/h4-6,9H,2-3,7-8H2,1H3. The van der Waals surface area contributed by atoms with Crippen molar-refractivity contribution in [3.63, 3.8) is 0 Å². The number of ether oxygens (including phenoxy) is 1. The third-order valence-corrected chi connectivity index (χ3v) is 3.25. The molecule has 1 aromatic rings. The van der Waals surface area contributed by atoms with Crippen molar-refractivity contribution in [2.24, 2.45) is 5.92 Å². The molecule has 1 saturated heterocycles. The van der Waals surface area contributed by atoms with E-state index in [2.05, 4.69) is 4.98 Å². The van der Waals surface area contributed by atoms with Gasteiger partial charge in [0.1, 0.15) is 0 Å². The van der Waals surface area contributed by atoms with Crippen LogP contribution in [-0.2, 0) is 11.0 Å². The molecule has 0 saturated carbocycles. The van der Waals surface area contributed by atoms with Gasteiger partial charge in [0.25, 0.3) is 0 Å². The lowest BCUT2D eigenvalue weighted by Crippen LogP contribution is -2.39. The summed E-state index contributed by atoms with van der Waals surface area (Å²) in [7, 11) is 1.71. The molecule has 20 heavy (non-hydrogen) atoms. The number of carbonyl (C=O) groups is 1. The van der Waals surface area contributed by atoms with Crippen molar-refractivity contribution in [2.45, 2.75) is 19.0 Å². The molecule has 1 aliphatic heterocycles. The molecule has 0 N–H and O–H groups in total. The van der Waals surface area contributed by atoms with Crippen molar-refractivity contribution in [1.82, 2.24) is 9.88 Å². The van der Waals surface area contributed by atoms with Crippen LogP contribution < -0.4 is 4.74 Å². The second-order valence-electron chi connectivity index (χ2n) is 4.87. The summed E-state index contributed by atoms with van der Waals surface area (Å²) in [6.45, 7) is 0.809. The van der Waals surface area contributed by atoms with Crippen molar-refractivity contribution in [3.05, 3.63) is 23.9 Å². The molecule has 1 fully saturated rings. The van der Waals surface area contributed by atoms with Crippen LogP contribution in [0.2, 0.25) is 0 Å². The Bertz CT molecular complexity index is 491. The first kappa shape index (κ1) is 14.6. The average Bonchev–Trinajstić information content (AvgIpc) is 2.39. The summed E-state index contributed by atoms with van der Waals surface area (Å²) in [5, 5.41) is 0. The molecule has 1 aliphatic rings. The number of amides is 1. The van der Waals surface area contributed by atoms with E-state index < -0.39 is 11.7 Å². The predicted octanol–water partition coefficient (Wildman–Crippen LogP) is 2.35. The summed E-state index contributed by atoms with van der Waals surface area (Å²) in [5.74, 6) is 0.159. The second-order valence-corrected chi connectivity index (χ2v) is 4.87. The van der Waals surface area contributed by atoms with E-state index in [-0.39, 0.29) is 24.3 Å². The Kier molecular flexibility index (Phi) is 4.15. The largest absolute Gasteiger partial charge is 0.477 e. The maximum Gasteiger partial charge on any atom is 0.416 e. The van der Waals surface area contributed by atoms with Gasteiger partial charge in [-0.25, -0.2) is 4.98 Å². The summed E-state index contributed by atoms with van der Waals surface area (Å²) in [5.41, 5.74) is -0.779. The molecule has 2 rings (SSSR count). The molecule has 0 bridgehead atoms. The van der Waals surface area contributed by atoms with Gasteiger partial charge in [-0.3, -0.25) is 4.79 Å². The number of pyridine rings is 1. The molecule has 110 valence electrons. The van der Waals surface area contributed by atoms with Crippen LogP contribution in [-0.4, -0.2) is 36.0 Å². The number of hydrogen-bond acceptors (Lipinski definition) is 3. The summed E-state index contributed by atoms with van der Waals surface area (Å²) in [6, 6.07) is 1.79. The number of piperidine rings is 1. The Labute approximate surface area is 114 Å². The zero-order valence-corrected chi connectivity index (χ0v) is 11.0. The number of halogens is 3. The molecule has 1 unspecified atom stereocenters. The van der Waals surface area contributed by atoms with E-state index in [9.17, 15) is 18.0 Å². The molecule has 1 aromatic heterocycles. The lowest BCUT2D eigenvalue weighted by atomic mass is 9.99. The molecule has 4 nitrogen and oxygen atoms in total. The van der Waals surface area contributed by atoms with E-state index >= 15 is 0 Å². The topological polar surface area (TPSA) is 42.4 Å². The highest BCUT2D eigenvalue weighted by Gasteiger charge is 2.31. The summed E-state index contributed by atoms with van der Waals surface area (Å²) in [6.07, 6.45) is -2.20. The van der Waals surface area contributed by atoms with Crippen LogP contribution in [0.3, 0.4) is 0 Å². The van der Waals surface area contributed by atoms with E-state index in [1.54, 1.807) is 11.9 Å². The highest BCUT2D eigenvalue weighted by Crippen LogP contribution is 2.30. The molecule has 2 heterocycles. The van der Waals surface area contributed by atoms with E-state index in [0.717, 1.165) is 18.3 Å². The van der Waals surface area contributed by atoms with Gasteiger partial charge in [-0.1, -0.05) is 0 Å². The highest BCUT2D eigenvalue weighted by molar-refractivity contribution is 5.76. The van der Waals surface area contributed by atoms with Gasteiger partial charge in [-0.15, -0.1) is 0 Å². The number of aromatic nitrogens is 1. The van der Waals surface area contributed by atoms with Gasteiger partial charge in [-0.2, -0.15) is 13.2 Å². The smallest absolute Gasteiger partial charge is 0.416 e. The zero-order chi connectivity index (χ0) is 14.8. The van der Waals surface area contributed by atoms with Gasteiger partial charge in [0.2, 0.25) is 11.8 Å². The van der Waals surface area contributed by atoms with Gasteiger partial charge >= 0.3 is 6.18 Å². The van der Waals surface area contributed by atoms with Gasteiger partial charge in [0.05, 0.1) is 12.2 Å². The number of likely N-dealkylation sites (tertiary alicyclic amines) is 1. The molecule has 7 heteroatoms. The normalized spacial score (nSPS) is 20.1. The van der Waals surface area contributed by atoms with Crippen LogP contribution in [0.4, 0.5) is 13.2 Å². The van der Waals surface area contributed by atoms with Crippen LogP contribution in [0, 0.1) is 5.92 Å². The van der Waals surface area contributed by atoms with E-state index in [1.165, 1.54) is 0 Å². The zero-order valence-electron chi connectivity index (χ0n) is 11.0. The fourth-order valence-electron chi connectivity index (χ4n) is 2.10. The highest BCUT2D eigenvalue weighted by atomic mass is 19.4. The Morgan fingerprint density at radius 3 is 2.90 bits per heavy atom. The van der Waals surface area contributed by atoms with Gasteiger partial charge in [-0.05, 0) is 12.5 Å². The maximum absolute atomic E-state index is 12.5. The molecule has 0 aromatic carbocycles. The summed E-state index contributed by atoms with van der Waals surface area (Å²) in [4.78, 5) is 16.7. The molecule has 1 atom stereocenters. The van der Waals surface area contributed by atoms with Gasteiger partial charge in [0.15, 0.2) is 0 Å². The fourth-order valence-corrected chi connectivity index (χ4v) is 2.10. The lowest BCUT2D eigenvalue weighted by molar-refractivity contribution is -0.138. The van der Waals surface area contributed by atoms with Crippen molar-refractivity contribution in [3.8, 4) is 5.88 Å². The van der Waals surface area contributed by atoms with Crippen LogP contribution in [0.15, 0.2) is 18.3 Å². The Balaban J connectivity index is 1.93. The summed E-state index contributed by atoms with van der Waals surface area (Å²) < 4.78 is 42.9. The van der Waals surface area contributed by atoms with Crippen molar-refractivity contribution in [1.29, 1.82) is 0 Å².